The van der Waals surface area contributed by atoms with E-state index in [4.69, 9.17) is 10.3 Å². The van der Waals surface area contributed by atoms with Gasteiger partial charge in [-0.15, -0.1) is 0 Å². The van der Waals surface area contributed by atoms with Crippen molar-refractivity contribution in [2.24, 2.45) is 10.4 Å². The zero-order chi connectivity index (χ0) is 18.6. The van der Waals surface area contributed by atoms with Crippen molar-refractivity contribution in [1.29, 1.82) is 0 Å². The van der Waals surface area contributed by atoms with Crippen molar-refractivity contribution < 1.29 is 0 Å². The van der Waals surface area contributed by atoms with Gasteiger partial charge in [-0.2, -0.15) is 0 Å². The summed E-state index contributed by atoms with van der Waals surface area (Å²) in [5.74, 6) is 1.72. The van der Waals surface area contributed by atoms with Gasteiger partial charge in [-0.1, -0.05) is 103 Å². The summed E-state index contributed by atoms with van der Waals surface area (Å²) in [4.78, 5) is 4.88. The van der Waals surface area contributed by atoms with E-state index in [1.165, 1.54) is 11.1 Å². The summed E-state index contributed by atoms with van der Waals surface area (Å²) in [5.41, 5.74) is 4.49. The van der Waals surface area contributed by atoms with Crippen LogP contribution in [-0.4, -0.2) is 5.84 Å². The Labute approximate surface area is 153 Å². The molecular weight excluding hydrogens is 304 g/mol. The molecule has 0 aromatic heterocycles. The fourth-order valence-corrected chi connectivity index (χ4v) is 2.73. The van der Waals surface area contributed by atoms with Crippen molar-refractivity contribution >= 4 is 17.2 Å². The van der Waals surface area contributed by atoms with Gasteiger partial charge >= 0.3 is 0 Å². The second kappa shape index (κ2) is 7.86. The summed E-state index contributed by atoms with van der Waals surface area (Å²) in [7, 11) is 0. The summed E-state index contributed by atoms with van der Waals surface area (Å²) in [6, 6.07) is 16.6. The third-order valence-corrected chi connectivity index (χ3v) is 4.22. The number of aliphatic imine (C=N–C) groups is 1. The van der Waals surface area contributed by atoms with Crippen molar-refractivity contribution in [1.82, 2.24) is 0 Å². The Morgan fingerprint density at radius 1 is 0.800 bits per heavy atom. The minimum Gasteiger partial charge on any atom is -0.439 e. The van der Waals surface area contributed by atoms with Crippen molar-refractivity contribution in [2.75, 3.05) is 0 Å². The normalized spacial score (nSPS) is 12.8. The molecule has 0 fully saturated rings. The molecule has 0 N–H and O–H groups in total. The van der Waals surface area contributed by atoms with Gasteiger partial charge in [-0.3, -0.25) is 0 Å². The molecule has 0 radical (unpaired) electrons. The van der Waals surface area contributed by atoms with Crippen LogP contribution in [0.25, 0.3) is 5.32 Å². The van der Waals surface area contributed by atoms with E-state index in [-0.39, 0.29) is 5.41 Å². The molecule has 0 aliphatic heterocycles. The Kier molecular flexibility index (Phi) is 6.05. The van der Waals surface area contributed by atoms with Crippen LogP contribution in [0.5, 0.6) is 0 Å². The zero-order valence-electron chi connectivity index (χ0n) is 16.7. The highest BCUT2D eigenvalue weighted by atomic mass is 15.0. The Morgan fingerprint density at radius 2 is 1.32 bits per heavy atom. The number of benzene rings is 2. The van der Waals surface area contributed by atoms with Crippen LogP contribution in [0.1, 0.15) is 71.4 Å². The quantitative estimate of drug-likeness (QED) is 0.404. The fraction of sp³-hybridized carbons (Fsp3) is 0.435. The number of hydrogen-bond donors (Lipinski definition) is 0. The Balaban J connectivity index is 2.55. The monoisotopic (exact) mass is 335 g/mol. The Morgan fingerprint density at radius 3 is 1.76 bits per heavy atom. The second-order valence-electron chi connectivity index (χ2n) is 8.23. The largest absolute Gasteiger partial charge is 0.439 e. The van der Waals surface area contributed by atoms with Gasteiger partial charge in [-0.05, 0) is 39.8 Å². The van der Waals surface area contributed by atoms with Gasteiger partial charge in [-0.25, -0.2) is 0 Å². The fourth-order valence-electron chi connectivity index (χ4n) is 2.73. The van der Waals surface area contributed by atoms with E-state index in [1.54, 1.807) is 0 Å². The van der Waals surface area contributed by atoms with E-state index >= 15 is 0 Å². The van der Waals surface area contributed by atoms with Gasteiger partial charge in [0, 0.05) is 0 Å². The summed E-state index contributed by atoms with van der Waals surface area (Å²) < 4.78 is 0. The maximum absolute atomic E-state index is 5.12. The molecule has 2 nitrogen and oxygen atoms in total. The van der Waals surface area contributed by atoms with Gasteiger partial charge in [0.15, 0.2) is 0 Å². The molecule has 0 unspecified atom stereocenters. The van der Waals surface area contributed by atoms with Crippen LogP contribution in [0.15, 0.2) is 53.5 Å². The predicted octanol–water partition coefficient (Wildman–Crippen LogP) is 7.71. The Bertz CT molecular complexity index is 693. The average molecular weight is 336 g/mol. The van der Waals surface area contributed by atoms with E-state index < -0.39 is 0 Å². The second-order valence-corrected chi connectivity index (χ2v) is 8.23. The lowest BCUT2D eigenvalue weighted by atomic mass is 9.90. The minimum absolute atomic E-state index is 0.131. The lowest BCUT2D eigenvalue weighted by Crippen LogP contribution is -2.19. The number of hydrogen-bond acceptors (Lipinski definition) is 1. The van der Waals surface area contributed by atoms with Crippen LogP contribution >= 0.6 is 0 Å². The Hall–Kier alpha value is -2.09. The standard InChI is InChI=1S/C23H31N2/c1-16(2)19-14-11-15-20(17(3)4)21(19)25-22(23(5,6)7)24-18-12-9-8-10-13-18/h8-17H,1-7H3/q-1. The van der Waals surface area contributed by atoms with Crippen molar-refractivity contribution in [3.05, 3.63) is 65.0 Å². The first-order valence-electron chi connectivity index (χ1n) is 9.19. The van der Waals surface area contributed by atoms with Crippen molar-refractivity contribution in [3.8, 4) is 0 Å². The SMILES string of the molecule is CC(C)c1cccc(C(C)C)c1[N-]C(=Nc1ccccc1)C(C)(C)C. The summed E-state index contributed by atoms with van der Waals surface area (Å²) >= 11 is 0. The van der Waals surface area contributed by atoms with E-state index in [0.717, 1.165) is 17.2 Å². The molecular formula is C23H31N2-. The van der Waals surface area contributed by atoms with E-state index in [2.05, 4.69) is 66.7 Å². The molecule has 134 valence electrons. The van der Waals surface area contributed by atoms with Gasteiger partial charge in [0.1, 0.15) is 0 Å². The molecule has 2 rings (SSSR count). The van der Waals surface area contributed by atoms with Crippen LogP contribution in [0.3, 0.4) is 0 Å². The van der Waals surface area contributed by atoms with E-state index in [9.17, 15) is 0 Å². The molecule has 2 heteroatoms. The molecule has 0 heterocycles. The average Bonchev–Trinajstić information content (AvgIpc) is 2.54. The molecule has 0 bridgehead atoms. The first kappa shape index (κ1) is 19.2. The zero-order valence-corrected chi connectivity index (χ0v) is 16.7. The highest BCUT2D eigenvalue weighted by Crippen LogP contribution is 2.40. The van der Waals surface area contributed by atoms with Gasteiger partial charge < -0.3 is 10.3 Å². The van der Waals surface area contributed by atoms with Crippen LogP contribution in [0, 0.1) is 5.41 Å². The molecule has 2 aromatic rings. The van der Waals surface area contributed by atoms with Crippen LogP contribution in [0.2, 0.25) is 0 Å². The number of para-hydroxylation sites is 2. The first-order valence-corrected chi connectivity index (χ1v) is 9.19. The number of amidine groups is 1. The third kappa shape index (κ3) is 4.94. The topological polar surface area (TPSA) is 26.5 Å². The maximum atomic E-state index is 5.12. The number of rotatable bonds is 4. The highest BCUT2D eigenvalue weighted by molar-refractivity contribution is 6.06. The summed E-state index contributed by atoms with van der Waals surface area (Å²) in [6.07, 6.45) is 0. The molecule has 25 heavy (non-hydrogen) atoms. The predicted molar refractivity (Wildman–Crippen MR) is 111 cm³/mol. The van der Waals surface area contributed by atoms with E-state index in [0.29, 0.717) is 11.8 Å². The molecule has 0 saturated carbocycles. The lowest BCUT2D eigenvalue weighted by molar-refractivity contribution is 0.592. The number of nitrogens with zero attached hydrogens (tertiary/aromatic N) is 2. The van der Waals surface area contributed by atoms with E-state index in [1.807, 2.05) is 30.3 Å². The summed E-state index contributed by atoms with van der Waals surface area (Å²) in [6.45, 7) is 15.4. The molecule has 0 aliphatic rings. The molecule has 2 aromatic carbocycles. The van der Waals surface area contributed by atoms with Crippen LogP contribution < -0.4 is 0 Å². The van der Waals surface area contributed by atoms with Crippen molar-refractivity contribution in [3.63, 3.8) is 0 Å². The molecule has 0 amide bonds. The van der Waals surface area contributed by atoms with Gasteiger partial charge in [0.2, 0.25) is 0 Å². The smallest absolute Gasteiger partial charge is 0.0209 e. The highest BCUT2D eigenvalue weighted by Gasteiger charge is 2.16. The van der Waals surface area contributed by atoms with Gasteiger partial charge in [0.05, 0.1) is 0 Å². The van der Waals surface area contributed by atoms with Crippen molar-refractivity contribution in [2.45, 2.75) is 60.3 Å². The third-order valence-electron chi connectivity index (χ3n) is 4.22. The molecule has 0 aliphatic carbocycles. The van der Waals surface area contributed by atoms with Crippen LogP contribution in [-0.2, 0) is 0 Å². The van der Waals surface area contributed by atoms with Crippen LogP contribution in [0.4, 0.5) is 11.4 Å². The first-order chi connectivity index (χ1) is 11.7. The summed E-state index contributed by atoms with van der Waals surface area (Å²) in [5, 5.41) is 5.12. The maximum Gasteiger partial charge on any atom is -0.0209 e. The van der Waals surface area contributed by atoms with Gasteiger partial charge in [0.25, 0.3) is 0 Å². The molecule has 0 atom stereocenters. The molecule has 0 saturated heterocycles. The molecule has 0 spiro atoms. The lowest BCUT2D eigenvalue weighted by Gasteiger charge is -2.35. The minimum atomic E-state index is -0.131.